The van der Waals surface area contributed by atoms with E-state index in [0.717, 1.165) is 5.01 Å². The minimum absolute atomic E-state index is 0.111. The van der Waals surface area contributed by atoms with Gasteiger partial charge >= 0.3 is 6.03 Å². The van der Waals surface area contributed by atoms with E-state index in [4.69, 9.17) is 10.5 Å². The lowest BCUT2D eigenvalue weighted by Gasteiger charge is -2.31. The molecule has 1 saturated heterocycles. The number of nitrogens with two attached hydrogens (primary N) is 1. The van der Waals surface area contributed by atoms with Crippen LogP contribution in [0.3, 0.4) is 0 Å². The van der Waals surface area contributed by atoms with Gasteiger partial charge < -0.3 is 10.5 Å². The minimum Gasteiger partial charge on any atom is -0.368 e. The Labute approximate surface area is 108 Å². The maximum atomic E-state index is 11.4. The summed E-state index contributed by atoms with van der Waals surface area (Å²) in [5.74, 6) is -0.401. The maximum Gasteiger partial charge on any atom is 0.318 e. The number of ether oxygens (including phenoxy) is 1. The van der Waals surface area contributed by atoms with E-state index in [-0.39, 0.29) is 12.6 Å². The van der Waals surface area contributed by atoms with Gasteiger partial charge in [0.1, 0.15) is 11.1 Å². The lowest BCUT2D eigenvalue weighted by atomic mass is 10.3. The summed E-state index contributed by atoms with van der Waals surface area (Å²) in [6, 6.07) is -0.829. The molecule has 18 heavy (non-hydrogen) atoms. The molecule has 0 spiro atoms. The number of morpholine rings is 1. The summed E-state index contributed by atoms with van der Waals surface area (Å²) in [6.45, 7) is 1.90. The second-order valence-electron chi connectivity index (χ2n) is 3.88. The molecule has 1 fully saturated rings. The van der Waals surface area contributed by atoms with Crippen molar-refractivity contribution in [1.29, 1.82) is 0 Å². The first-order valence-corrected chi connectivity index (χ1v) is 6.36. The molecule has 0 unspecified atom stereocenters. The fourth-order valence-corrected chi connectivity index (χ4v) is 2.45. The van der Waals surface area contributed by atoms with Crippen molar-refractivity contribution in [3.8, 4) is 0 Å². The summed E-state index contributed by atoms with van der Waals surface area (Å²) >= 11 is 1.52. The Morgan fingerprint density at radius 3 is 3.17 bits per heavy atom. The summed E-state index contributed by atoms with van der Waals surface area (Å²) in [5, 5.41) is 4.83. The molecule has 1 aliphatic rings. The number of thiazole rings is 1. The first kappa shape index (κ1) is 12.9. The second kappa shape index (κ2) is 5.89. The molecule has 98 valence electrons. The Hall–Kier alpha value is -1.51. The molecule has 0 radical (unpaired) electrons. The monoisotopic (exact) mass is 270 g/mol. The van der Waals surface area contributed by atoms with Crippen molar-refractivity contribution >= 4 is 23.3 Å². The smallest absolute Gasteiger partial charge is 0.318 e. The summed E-state index contributed by atoms with van der Waals surface area (Å²) in [4.78, 5) is 28.1. The third kappa shape index (κ3) is 3.49. The van der Waals surface area contributed by atoms with Crippen molar-refractivity contribution in [2.75, 3.05) is 26.2 Å². The van der Waals surface area contributed by atoms with Crippen LogP contribution in [0.5, 0.6) is 0 Å². The first-order chi connectivity index (χ1) is 8.65. The third-order valence-electron chi connectivity index (χ3n) is 2.51. The van der Waals surface area contributed by atoms with E-state index in [1.54, 1.807) is 6.20 Å². The van der Waals surface area contributed by atoms with Crippen molar-refractivity contribution in [2.24, 2.45) is 5.73 Å². The zero-order valence-corrected chi connectivity index (χ0v) is 10.5. The van der Waals surface area contributed by atoms with Crippen LogP contribution in [0.2, 0.25) is 0 Å². The van der Waals surface area contributed by atoms with Crippen molar-refractivity contribution in [2.45, 2.75) is 6.10 Å². The number of hydrogen-bond donors (Lipinski definition) is 2. The van der Waals surface area contributed by atoms with Gasteiger partial charge in [0.2, 0.25) is 5.91 Å². The van der Waals surface area contributed by atoms with Gasteiger partial charge in [-0.05, 0) is 0 Å². The van der Waals surface area contributed by atoms with E-state index in [1.807, 2.05) is 15.6 Å². The molecule has 1 aromatic rings. The van der Waals surface area contributed by atoms with Gasteiger partial charge in [-0.25, -0.2) is 9.78 Å². The highest BCUT2D eigenvalue weighted by Gasteiger charge is 2.25. The van der Waals surface area contributed by atoms with E-state index in [9.17, 15) is 9.59 Å². The predicted molar refractivity (Wildman–Crippen MR) is 65.0 cm³/mol. The Morgan fingerprint density at radius 1 is 1.67 bits per heavy atom. The first-order valence-electron chi connectivity index (χ1n) is 5.48. The quantitative estimate of drug-likeness (QED) is 0.786. The van der Waals surface area contributed by atoms with Gasteiger partial charge in [-0.3, -0.25) is 15.0 Å². The molecule has 0 aromatic carbocycles. The van der Waals surface area contributed by atoms with Gasteiger partial charge in [0.25, 0.3) is 0 Å². The van der Waals surface area contributed by atoms with Crippen LogP contribution in [0.15, 0.2) is 11.6 Å². The molecule has 2 rings (SSSR count). The molecule has 3 N–H and O–H groups in total. The van der Waals surface area contributed by atoms with Gasteiger partial charge in [0.15, 0.2) is 0 Å². The number of carbonyl (C=O) groups excluding carboxylic acids is 2. The normalized spacial score (nSPS) is 20.6. The number of rotatable bonds is 3. The lowest BCUT2D eigenvalue weighted by molar-refractivity contribution is -0.123. The molecule has 2 heterocycles. The molecule has 3 amide bonds. The number of urea groups is 1. The molecule has 1 aliphatic heterocycles. The fourth-order valence-electron chi connectivity index (χ4n) is 1.77. The van der Waals surface area contributed by atoms with Gasteiger partial charge in [-0.15, -0.1) is 11.3 Å². The van der Waals surface area contributed by atoms with E-state index in [2.05, 4.69) is 4.98 Å². The van der Waals surface area contributed by atoms with Crippen LogP contribution in [0, 0.1) is 0 Å². The molecule has 1 aromatic heterocycles. The van der Waals surface area contributed by atoms with E-state index in [0.29, 0.717) is 19.7 Å². The SMILES string of the molecule is NC(=O)NC(=O)CN1CCO[C@@H](c2nccs2)C1. The van der Waals surface area contributed by atoms with Crippen LogP contribution >= 0.6 is 11.3 Å². The molecule has 1 atom stereocenters. The number of carbonyl (C=O) groups is 2. The number of nitrogens with one attached hydrogen (secondary N) is 1. The number of nitrogens with zero attached hydrogens (tertiary/aromatic N) is 2. The number of primary amides is 1. The molecule has 7 nitrogen and oxygen atoms in total. The highest BCUT2D eigenvalue weighted by molar-refractivity contribution is 7.09. The zero-order valence-electron chi connectivity index (χ0n) is 9.67. The largest absolute Gasteiger partial charge is 0.368 e. The Bertz CT molecular complexity index is 423. The van der Waals surface area contributed by atoms with E-state index < -0.39 is 11.9 Å². The van der Waals surface area contributed by atoms with Gasteiger partial charge in [-0.1, -0.05) is 0 Å². The van der Waals surface area contributed by atoms with Crippen LogP contribution < -0.4 is 11.1 Å². The average Bonchev–Trinajstić information content (AvgIpc) is 2.81. The minimum atomic E-state index is -0.829. The maximum absolute atomic E-state index is 11.4. The molecular weight excluding hydrogens is 256 g/mol. The second-order valence-corrected chi connectivity index (χ2v) is 4.80. The lowest BCUT2D eigenvalue weighted by Crippen LogP contribution is -2.46. The number of hydrogen-bond acceptors (Lipinski definition) is 6. The summed E-state index contributed by atoms with van der Waals surface area (Å²) in [5.41, 5.74) is 4.88. The van der Waals surface area contributed by atoms with Crippen molar-refractivity contribution in [3.05, 3.63) is 16.6 Å². The van der Waals surface area contributed by atoms with Crippen LogP contribution in [-0.4, -0.2) is 48.1 Å². The van der Waals surface area contributed by atoms with E-state index in [1.165, 1.54) is 11.3 Å². The third-order valence-corrected chi connectivity index (χ3v) is 3.37. The highest BCUT2D eigenvalue weighted by atomic mass is 32.1. The topological polar surface area (TPSA) is 97.5 Å². The summed E-state index contributed by atoms with van der Waals surface area (Å²) < 4.78 is 5.60. The van der Waals surface area contributed by atoms with Crippen molar-refractivity contribution < 1.29 is 14.3 Å². The van der Waals surface area contributed by atoms with Crippen LogP contribution in [0.1, 0.15) is 11.1 Å². The standard InChI is InChI=1S/C10H14N4O3S/c11-10(16)13-8(15)6-14-2-3-17-7(5-14)9-12-1-4-18-9/h1,4,7H,2-3,5-6H2,(H3,11,13,15,16)/t7-/m1/s1. The molecule has 0 bridgehead atoms. The van der Waals surface area contributed by atoms with Gasteiger partial charge in [0.05, 0.1) is 13.2 Å². The van der Waals surface area contributed by atoms with Crippen molar-refractivity contribution in [1.82, 2.24) is 15.2 Å². The Balaban J connectivity index is 1.87. The van der Waals surface area contributed by atoms with Crippen LogP contribution in [-0.2, 0) is 9.53 Å². The molecule has 0 saturated carbocycles. The average molecular weight is 270 g/mol. The number of amides is 3. The number of imide groups is 1. The number of aromatic nitrogens is 1. The highest BCUT2D eigenvalue weighted by Crippen LogP contribution is 2.23. The summed E-state index contributed by atoms with van der Waals surface area (Å²) in [6.07, 6.45) is 1.61. The van der Waals surface area contributed by atoms with E-state index >= 15 is 0 Å². The van der Waals surface area contributed by atoms with Crippen molar-refractivity contribution in [3.63, 3.8) is 0 Å². The Kier molecular flexibility index (Phi) is 4.24. The zero-order chi connectivity index (χ0) is 13.0. The molecular formula is C10H14N4O3S. The molecule has 8 heteroatoms. The van der Waals surface area contributed by atoms with Gasteiger partial charge in [-0.2, -0.15) is 0 Å². The Morgan fingerprint density at radius 2 is 2.50 bits per heavy atom. The van der Waals surface area contributed by atoms with Crippen LogP contribution in [0.25, 0.3) is 0 Å². The molecule has 0 aliphatic carbocycles. The van der Waals surface area contributed by atoms with Crippen LogP contribution in [0.4, 0.5) is 4.79 Å². The predicted octanol–water partition coefficient (Wildman–Crippen LogP) is -0.289. The summed E-state index contributed by atoms with van der Waals surface area (Å²) in [7, 11) is 0. The van der Waals surface area contributed by atoms with Gasteiger partial charge in [0, 0.05) is 24.7 Å². The fraction of sp³-hybridized carbons (Fsp3) is 0.500.